The van der Waals surface area contributed by atoms with Crippen molar-refractivity contribution in [1.82, 2.24) is 9.80 Å². The van der Waals surface area contributed by atoms with Crippen molar-refractivity contribution in [2.24, 2.45) is 5.92 Å². The summed E-state index contributed by atoms with van der Waals surface area (Å²) >= 11 is 0.808. The summed E-state index contributed by atoms with van der Waals surface area (Å²) in [6.45, 7) is 3.24. The fourth-order valence-corrected chi connectivity index (χ4v) is 4.27. The van der Waals surface area contributed by atoms with Crippen LogP contribution in [0.2, 0.25) is 0 Å². The van der Waals surface area contributed by atoms with Crippen LogP contribution >= 0.6 is 11.8 Å². The zero-order valence-electron chi connectivity index (χ0n) is 17.6. The quantitative estimate of drug-likeness (QED) is 0.636. The van der Waals surface area contributed by atoms with Gasteiger partial charge in [-0.15, -0.1) is 0 Å². The molecule has 3 rings (SSSR count). The van der Waals surface area contributed by atoms with E-state index in [0.717, 1.165) is 29.5 Å². The van der Waals surface area contributed by atoms with E-state index in [4.69, 9.17) is 14.2 Å². The van der Waals surface area contributed by atoms with Crippen LogP contribution in [-0.4, -0.2) is 67.8 Å². The third-order valence-electron chi connectivity index (χ3n) is 5.33. The number of thioether (sulfide) groups is 1. The Morgan fingerprint density at radius 1 is 1.07 bits per heavy atom. The second-order valence-electron chi connectivity index (χ2n) is 7.28. The number of hydrogen-bond acceptors (Lipinski definition) is 7. The molecule has 8 nitrogen and oxygen atoms in total. The second kappa shape index (κ2) is 9.42. The van der Waals surface area contributed by atoms with Crippen molar-refractivity contribution >= 4 is 34.9 Å². The molecule has 2 aliphatic rings. The largest absolute Gasteiger partial charge is 0.496 e. The van der Waals surface area contributed by atoms with Crippen LogP contribution in [0, 0.1) is 5.92 Å². The van der Waals surface area contributed by atoms with E-state index in [2.05, 4.69) is 6.92 Å². The zero-order chi connectivity index (χ0) is 21.8. The average Bonchev–Trinajstić information content (AvgIpc) is 3.01. The van der Waals surface area contributed by atoms with Crippen molar-refractivity contribution in [3.63, 3.8) is 0 Å². The standard InChI is InChI=1S/C21H26N2O6S/c1-13-5-7-22(8-6-13)19(24)12-23-20(25)18(30-21(23)26)10-14-9-16(28-3)17(29-4)11-15(14)27-2/h9-11,13H,5-8,12H2,1-4H3. The van der Waals surface area contributed by atoms with Gasteiger partial charge in [0, 0.05) is 24.7 Å². The molecule has 3 amide bonds. The number of imide groups is 1. The maximum atomic E-state index is 12.8. The molecule has 0 radical (unpaired) electrons. The Hall–Kier alpha value is -2.68. The van der Waals surface area contributed by atoms with Gasteiger partial charge in [0.2, 0.25) is 5.91 Å². The Morgan fingerprint density at radius 2 is 1.67 bits per heavy atom. The molecule has 2 heterocycles. The molecule has 1 aromatic rings. The summed E-state index contributed by atoms with van der Waals surface area (Å²) in [6, 6.07) is 3.32. The summed E-state index contributed by atoms with van der Waals surface area (Å²) in [6.07, 6.45) is 3.44. The van der Waals surface area contributed by atoms with E-state index in [1.54, 1.807) is 23.1 Å². The molecule has 2 saturated heterocycles. The number of likely N-dealkylation sites (tertiary alicyclic amines) is 1. The molecule has 0 unspecified atom stereocenters. The van der Waals surface area contributed by atoms with Gasteiger partial charge >= 0.3 is 0 Å². The number of nitrogens with zero attached hydrogens (tertiary/aromatic N) is 2. The maximum absolute atomic E-state index is 12.8. The summed E-state index contributed by atoms with van der Waals surface area (Å²) in [4.78, 5) is 40.8. The topological polar surface area (TPSA) is 85.4 Å². The number of amides is 3. The van der Waals surface area contributed by atoms with Gasteiger partial charge in [-0.3, -0.25) is 19.3 Å². The fraction of sp³-hybridized carbons (Fsp3) is 0.476. The van der Waals surface area contributed by atoms with E-state index in [9.17, 15) is 14.4 Å². The van der Waals surface area contributed by atoms with Crippen molar-refractivity contribution in [2.45, 2.75) is 19.8 Å². The van der Waals surface area contributed by atoms with Gasteiger partial charge < -0.3 is 19.1 Å². The lowest BCUT2D eigenvalue weighted by Crippen LogP contribution is -2.45. The first kappa shape index (κ1) is 22.0. The van der Waals surface area contributed by atoms with Crippen molar-refractivity contribution in [3.8, 4) is 17.2 Å². The Balaban J connectivity index is 1.79. The summed E-state index contributed by atoms with van der Waals surface area (Å²) in [5, 5.41) is -0.454. The van der Waals surface area contributed by atoms with E-state index in [1.165, 1.54) is 21.3 Å². The molecule has 0 saturated carbocycles. The van der Waals surface area contributed by atoms with Crippen molar-refractivity contribution < 1.29 is 28.6 Å². The first-order chi connectivity index (χ1) is 14.4. The van der Waals surface area contributed by atoms with Crippen LogP contribution in [0.3, 0.4) is 0 Å². The van der Waals surface area contributed by atoms with Gasteiger partial charge in [-0.1, -0.05) is 6.92 Å². The van der Waals surface area contributed by atoms with E-state index >= 15 is 0 Å². The molecule has 0 aliphatic carbocycles. The molecule has 2 fully saturated rings. The number of piperidine rings is 1. The lowest BCUT2D eigenvalue weighted by atomic mass is 9.99. The lowest BCUT2D eigenvalue weighted by molar-refractivity contribution is -0.136. The molecule has 162 valence electrons. The number of hydrogen-bond donors (Lipinski definition) is 0. The lowest BCUT2D eigenvalue weighted by Gasteiger charge is -2.31. The SMILES string of the molecule is COc1cc(OC)c(OC)cc1C=C1SC(=O)N(CC(=O)N2CCC(C)CC2)C1=O. The van der Waals surface area contributed by atoms with Crippen LogP contribution < -0.4 is 14.2 Å². The summed E-state index contributed by atoms with van der Waals surface area (Å²) in [5.41, 5.74) is 0.567. The van der Waals surface area contributed by atoms with Crippen molar-refractivity contribution in [2.75, 3.05) is 41.0 Å². The van der Waals surface area contributed by atoms with Crippen LogP contribution in [0.15, 0.2) is 17.0 Å². The first-order valence-corrected chi connectivity index (χ1v) is 10.5. The van der Waals surface area contributed by atoms with E-state index in [-0.39, 0.29) is 17.4 Å². The molecule has 0 N–H and O–H groups in total. The number of carbonyl (C=O) groups excluding carboxylic acids is 3. The molecule has 2 aliphatic heterocycles. The van der Waals surface area contributed by atoms with Gasteiger partial charge in [0.25, 0.3) is 11.1 Å². The van der Waals surface area contributed by atoms with Crippen LogP contribution in [-0.2, 0) is 9.59 Å². The molecule has 0 bridgehead atoms. The van der Waals surface area contributed by atoms with Crippen LogP contribution in [0.25, 0.3) is 6.08 Å². The third-order valence-corrected chi connectivity index (χ3v) is 6.23. The number of methoxy groups -OCH3 is 3. The monoisotopic (exact) mass is 434 g/mol. The van der Waals surface area contributed by atoms with Crippen LogP contribution in [0.1, 0.15) is 25.3 Å². The van der Waals surface area contributed by atoms with Crippen molar-refractivity contribution in [3.05, 3.63) is 22.6 Å². The van der Waals surface area contributed by atoms with Gasteiger partial charge in [0.05, 0.1) is 26.2 Å². The molecule has 0 atom stereocenters. The minimum atomic E-state index is -0.486. The number of rotatable bonds is 6. The minimum absolute atomic E-state index is 0.200. The third kappa shape index (κ3) is 4.56. The maximum Gasteiger partial charge on any atom is 0.294 e. The predicted molar refractivity (Wildman–Crippen MR) is 114 cm³/mol. The highest BCUT2D eigenvalue weighted by Crippen LogP contribution is 2.38. The zero-order valence-corrected chi connectivity index (χ0v) is 18.4. The summed E-state index contributed by atoms with van der Waals surface area (Å²) in [7, 11) is 4.53. The Morgan fingerprint density at radius 3 is 2.27 bits per heavy atom. The fourth-order valence-electron chi connectivity index (χ4n) is 3.44. The van der Waals surface area contributed by atoms with Gasteiger partial charge in [-0.25, -0.2) is 0 Å². The van der Waals surface area contributed by atoms with Gasteiger partial charge in [0.15, 0.2) is 11.5 Å². The molecule has 0 aromatic heterocycles. The molecule has 9 heteroatoms. The number of ether oxygens (including phenoxy) is 3. The molecule has 30 heavy (non-hydrogen) atoms. The predicted octanol–water partition coefficient (Wildman–Crippen LogP) is 3.01. The van der Waals surface area contributed by atoms with Gasteiger partial charge in [-0.05, 0) is 42.7 Å². The Bertz CT molecular complexity index is 876. The van der Waals surface area contributed by atoms with Crippen LogP contribution in [0.5, 0.6) is 17.2 Å². The smallest absolute Gasteiger partial charge is 0.294 e. The number of carbonyl (C=O) groups is 3. The van der Waals surface area contributed by atoms with E-state index < -0.39 is 11.1 Å². The first-order valence-electron chi connectivity index (χ1n) is 9.71. The van der Waals surface area contributed by atoms with Crippen molar-refractivity contribution in [1.29, 1.82) is 0 Å². The molecular weight excluding hydrogens is 408 g/mol. The average molecular weight is 435 g/mol. The minimum Gasteiger partial charge on any atom is -0.496 e. The van der Waals surface area contributed by atoms with E-state index in [1.807, 2.05) is 0 Å². The number of benzene rings is 1. The summed E-state index contributed by atoms with van der Waals surface area (Å²) in [5.74, 6) is 1.33. The second-order valence-corrected chi connectivity index (χ2v) is 8.27. The molecule has 1 aromatic carbocycles. The van der Waals surface area contributed by atoms with Gasteiger partial charge in [-0.2, -0.15) is 0 Å². The molecule has 0 spiro atoms. The highest BCUT2D eigenvalue weighted by Gasteiger charge is 2.37. The van der Waals surface area contributed by atoms with Crippen LogP contribution in [0.4, 0.5) is 4.79 Å². The highest BCUT2D eigenvalue weighted by molar-refractivity contribution is 8.18. The molecular formula is C21H26N2O6S. The van der Waals surface area contributed by atoms with E-state index in [0.29, 0.717) is 41.8 Å². The Kier molecular flexibility index (Phi) is 6.91. The van der Waals surface area contributed by atoms with Gasteiger partial charge in [0.1, 0.15) is 12.3 Å². The Labute approximate surface area is 180 Å². The normalized spacial score (nSPS) is 18.9. The highest BCUT2D eigenvalue weighted by atomic mass is 32.2. The summed E-state index contributed by atoms with van der Waals surface area (Å²) < 4.78 is 16.0.